The summed E-state index contributed by atoms with van der Waals surface area (Å²) in [6, 6.07) is 3.64. The third kappa shape index (κ3) is 1.48. The van der Waals surface area contributed by atoms with Crippen LogP contribution in [-0.2, 0) is 5.54 Å². The number of rotatable bonds is 1. The fraction of sp³-hybridized carbons (Fsp3) is 0.400. The first kappa shape index (κ1) is 10.1. The van der Waals surface area contributed by atoms with E-state index in [0.717, 1.165) is 24.8 Å². The van der Waals surface area contributed by atoms with Crippen molar-refractivity contribution in [1.29, 1.82) is 0 Å². The molecule has 2 rings (SSSR count). The summed E-state index contributed by atoms with van der Waals surface area (Å²) >= 11 is 11.9. The summed E-state index contributed by atoms with van der Waals surface area (Å²) in [6.45, 7) is 0. The molecule has 0 radical (unpaired) electrons. The third-order valence-corrected chi connectivity index (χ3v) is 3.53. The van der Waals surface area contributed by atoms with Crippen LogP contribution in [0.25, 0.3) is 0 Å². The Kier molecular flexibility index (Phi) is 2.38. The van der Waals surface area contributed by atoms with Gasteiger partial charge in [-0.15, -0.1) is 0 Å². The number of benzene rings is 1. The smallest absolute Gasteiger partial charge is 0.0693 e. The zero-order chi connectivity index (χ0) is 10.3. The van der Waals surface area contributed by atoms with Gasteiger partial charge in [0.25, 0.3) is 0 Å². The molecule has 0 aliphatic heterocycles. The summed E-state index contributed by atoms with van der Waals surface area (Å²) in [5, 5.41) is 0.980. The fourth-order valence-electron chi connectivity index (χ4n) is 1.72. The van der Waals surface area contributed by atoms with Gasteiger partial charge in [0.2, 0.25) is 0 Å². The molecule has 0 atom stereocenters. The monoisotopic (exact) mass is 230 g/mol. The molecule has 0 saturated heterocycles. The average Bonchev–Trinajstić information content (AvgIpc) is 2.09. The number of nitrogens with two attached hydrogens (primary N) is 2. The molecule has 0 spiro atoms. The van der Waals surface area contributed by atoms with Gasteiger partial charge in [0.15, 0.2) is 0 Å². The Balaban J connectivity index is 2.45. The second kappa shape index (κ2) is 3.30. The molecule has 1 fully saturated rings. The lowest BCUT2D eigenvalue weighted by Crippen LogP contribution is -2.43. The van der Waals surface area contributed by atoms with E-state index in [9.17, 15) is 0 Å². The number of nitrogen functional groups attached to an aromatic ring is 1. The van der Waals surface area contributed by atoms with Gasteiger partial charge in [-0.25, -0.2) is 0 Å². The summed E-state index contributed by atoms with van der Waals surface area (Å²) in [6.07, 6.45) is 3.14. The van der Waals surface area contributed by atoms with Gasteiger partial charge in [0.05, 0.1) is 15.7 Å². The normalized spacial score (nSPS) is 19.1. The van der Waals surface area contributed by atoms with Crippen LogP contribution in [0.15, 0.2) is 12.1 Å². The highest BCUT2D eigenvalue weighted by Gasteiger charge is 2.34. The van der Waals surface area contributed by atoms with Crippen molar-refractivity contribution < 1.29 is 0 Å². The van der Waals surface area contributed by atoms with Gasteiger partial charge in [-0.05, 0) is 37.0 Å². The lowest BCUT2D eigenvalue weighted by molar-refractivity contribution is 0.253. The molecule has 2 nitrogen and oxygen atoms in total. The van der Waals surface area contributed by atoms with Crippen LogP contribution in [0.5, 0.6) is 0 Å². The van der Waals surface area contributed by atoms with Gasteiger partial charge < -0.3 is 11.5 Å². The van der Waals surface area contributed by atoms with E-state index in [2.05, 4.69) is 0 Å². The lowest BCUT2D eigenvalue weighted by Gasteiger charge is -2.38. The van der Waals surface area contributed by atoms with E-state index in [4.69, 9.17) is 34.7 Å². The van der Waals surface area contributed by atoms with Gasteiger partial charge in [-0.3, -0.25) is 0 Å². The second-order valence-corrected chi connectivity index (χ2v) is 4.68. The second-order valence-electron chi connectivity index (χ2n) is 3.86. The van der Waals surface area contributed by atoms with Crippen LogP contribution in [0.4, 0.5) is 5.69 Å². The molecule has 14 heavy (non-hydrogen) atoms. The molecule has 1 aromatic rings. The van der Waals surface area contributed by atoms with E-state index >= 15 is 0 Å². The third-order valence-electron chi connectivity index (χ3n) is 2.90. The maximum Gasteiger partial charge on any atom is 0.0693 e. The highest BCUT2D eigenvalue weighted by atomic mass is 35.5. The summed E-state index contributed by atoms with van der Waals surface area (Å²) in [5.41, 5.74) is 13.0. The van der Waals surface area contributed by atoms with E-state index < -0.39 is 0 Å². The van der Waals surface area contributed by atoms with Crippen molar-refractivity contribution in [2.24, 2.45) is 5.73 Å². The first-order chi connectivity index (χ1) is 6.53. The zero-order valence-corrected chi connectivity index (χ0v) is 9.20. The minimum absolute atomic E-state index is 0.235. The molecule has 1 saturated carbocycles. The van der Waals surface area contributed by atoms with Gasteiger partial charge in [0.1, 0.15) is 0 Å². The van der Waals surface area contributed by atoms with Crippen LogP contribution in [0, 0.1) is 0 Å². The first-order valence-electron chi connectivity index (χ1n) is 4.57. The predicted molar refractivity (Wildman–Crippen MR) is 60.6 cm³/mol. The Morgan fingerprint density at radius 3 is 2.00 bits per heavy atom. The van der Waals surface area contributed by atoms with Crippen LogP contribution >= 0.6 is 23.2 Å². The van der Waals surface area contributed by atoms with Crippen molar-refractivity contribution in [1.82, 2.24) is 0 Å². The molecule has 4 heteroatoms. The van der Waals surface area contributed by atoms with Crippen molar-refractivity contribution in [3.8, 4) is 0 Å². The number of hydrogen-bond donors (Lipinski definition) is 2. The summed E-state index contributed by atoms with van der Waals surface area (Å²) < 4.78 is 0. The average molecular weight is 231 g/mol. The van der Waals surface area contributed by atoms with Crippen molar-refractivity contribution in [2.75, 3.05) is 5.73 Å². The molecule has 1 aromatic carbocycles. The van der Waals surface area contributed by atoms with Gasteiger partial charge in [0, 0.05) is 5.54 Å². The first-order valence-corrected chi connectivity index (χ1v) is 5.32. The van der Waals surface area contributed by atoms with Crippen LogP contribution < -0.4 is 11.5 Å². The van der Waals surface area contributed by atoms with Crippen LogP contribution in [0.1, 0.15) is 24.8 Å². The molecule has 0 aromatic heterocycles. The predicted octanol–water partition coefficient (Wildman–Crippen LogP) is 2.91. The van der Waals surface area contributed by atoms with E-state index in [1.54, 1.807) is 0 Å². The Bertz CT molecular complexity index is 349. The molecule has 0 heterocycles. The molecule has 76 valence electrons. The summed E-state index contributed by atoms with van der Waals surface area (Å²) in [5.74, 6) is 0. The van der Waals surface area contributed by atoms with Crippen LogP contribution in [0.2, 0.25) is 10.0 Å². The lowest BCUT2D eigenvalue weighted by atomic mass is 9.73. The summed E-state index contributed by atoms with van der Waals surface area (Å²) in [4.78, 5) is 0. The largest absolute Gasteiger partial charge is 0.396 e. The number of anilines is 1. The molecular formula is C10H12Cl2N2. The molecule has 0 bridgehead atoms. The quantitative estimate of drug-likeness (QED) is 0.730. The Hall–Kier alpha value is -0.440. The van der Waals surface area contributed by atoms with E-state index in [1.165, 1.54) is 0 Å². The topological polar surface area (TPSA) is 52.0 Å². The van der Waals surface area contributed by atoms with Gasteiger partial charge >= 0.3 is 0 Å². The highest BCUT2D eigenvalue weighted by molar-refractivity contribution is 6.38. The van der Waals surface area contributed by atoms with Crippen molar-refractivity contribution in [3.05, 3.63) is 27.7 Å². The number of halogens is 2. The summed E-state index contributed by atoms with van der Waals surface area (Å²) in [7, 11) is 0. The maximum atomic E-state index is 6.15. The van der Waals surface area contributed by atoms with E-state index in [-0.39, 0.29) is 5.54 Å². The standard InChI is InChI=1S/C10H12Cl2N2/c11-7-4-6(5-8(12)9(7)13)10(14)2-1-3-10/h4-5H,1-3,13-14H2. The minimum Gasteiger partial charge on any atom is -0.396 e. The van der Waals surface area contributed by atoms with Gasteiger partial charge in [-0.1, -0.05) is 23.2 Å². The van der Waals surface area contributed by atoms with Crippen LogP contribution in [0.3, 0.4) is 0 Å². The van der Waals surface area contributed by atoms with Crippen LogP contribution in [-0.4, -0.2) is 0 Å². The SMILES string of the molecule is Nc1c(Cl)cc(C2(N)CCC2)cc1Cl. The Labute approximate surface area is 93.2 Å². The molecule has 4 N–H and O–H groups in total. The highest BCUT2D eigenvalue weighted by Crippen LogP contribution is 2.42. The van der Waals surface area contributed by atoms with Crippen molar-refractivity contribution >= 4 is 28.9 Å². The Morgan fingerprint density at radius 1 is 1.14 bits per heavy atom. The van der Waals surface area contributed by atoms with E-state index in [1.807, 2.05) is 12.1 Å². The molecule has 0 unspecified atom stereocenters. The molecule has 1 aliphatic carbocycles. The van der Waals surface area contributed by atoms with Gasteiger partial charge in [-0.2, -0.15) is 0 Å². The minimum atomic E-state index is -0.235. The molecular weight excluding hydrogens is 219 g/mol. The fourth-order valence-corrected chi connectivity index (χ4v) is 2.21. The zero-order valence-electron chi connectivity index (χ0n) is 7.69. The molecule has 0 amide bonds. The van der Waals surface area contributed by atoms with Crippen molar-refractivity contribution in [3.63, 3.8) is 0 Å². The Morgan fingerprint density at radius 2 is 1.64 bits per heavy atom. The number of hydrogen-bond acceptors (Lipinski definition) is 2. The maximum absolute atomic E-state index is 6.15. The van der Waals surface area contributed by atoms with E-state index in [0.29, 0.717) is 15.7 Å². The van der Waals surface area contributed by atoms with Crippen molar-refractivity contribution in [2.45, 2.75) is 24.8 Å². The molecule has 1 aliphatic rings.